The molecule has 1 N–H and O–H groups in total. The highest BCUT2D eigenvalue weighted by molar-refractivity contribution is 7.13. The normalized spacial score (nSPS) is 11.5. The highest BCUT2D eigenvalue weighted by Crippen LogP contribution is 2.32. The average molecular weight is 314 g/mol. The molecular weight excluding hydrogens is 300 g/mol. The predicted molar refractivity (Wildman–Crippen MR) is 86.5 cm³/mol. The number of hydrogen-bond donors (Lipinski definition) is 1. The van der Waals surface area contributed by atoms with Crippen LogP contribution in [-0.2, 0) is 13.5 Å². The van der Waals surface area contributed by atoms with Crippen molar-refractivity contribution >= 4 is 33.1 Å². The van der Waals surface area contributed by atoms with Gasteiger partial charge in [-0.3, -0.25) is 4.79 Å². The van der Waals surface area contributed by atoms with Gasteiger partial charge in [0.2, 0.25) is 5.13 Å². The first-order valence-corrected chi connectivity index (χ1v) is 7.66. The third kappa shape index (κ3) is 2.39. The molecule has 0 fully saturated rings. The van der Waals surface area contributed by atoms with Gasteiger partial charge in [-0.1, -0.05) is 19.1 Å². The van der Waals surface area contributed by atoms with Crippen LogP contribution in [0.5, 0.6) is 5.75 Å². The molecule has 0 atom stereocenters. The fourth-order valence-electron chi connectivity index (χ4n) is 2.15. The van der Waals surface area contributed by atoms with Crippen LogP contribution in [0.4, 0.5) is 10.8 Å². The Hall–Kier alpha value is -2.54. The Balaban J connectivity index is 2.12. The number of aromatic hydroxyl groups is 1. The summed E-state index contributed by atoms with van der Waals surface area (Å²) in [5, 5.41) is 21.1. The van der Waals surface area contributed by atoms with Crippen molar-refractivity contribution in [2.24, 2.45) is 17.3 Å². The third-order valence-electron chi connectivity index (χ3n) is 3.39. The van der Waals surface area contributed by atoms with E-state index in [-0.39, 0.29) is 11.4 Å². The number of azo groups is 1. The van der Waals surface area contributed by atoms with Gasteiger partial charge in [-0.05, 0) is 18.6 Å². The molecule has 1 aromatic carbocycles. The Morgan fingerprint density at radius 1 is 1.32 bits per heavy atom. The summed E-state index contributed by atoms with van der Waals surface area (Å²) >= 11 is 1.35. The molecule has 7 heteroatoms. The van der Waals surface area contributed by atoms with Crippen LogP contribution in [0.1, 0.15) is 12.6 Å². The molecule has 0 unspecified atom stereocenters. The zero-order valence-corrected chi connectivity index (χ0v) is 13.0. The Bertz CT molecular complexity index is 927. The number of nitrogens with zero attached hydrogens (tertiary/aromatic N) is 4. The summed E-state index contributed by atoms with van der Waals surface area (Å²) in [5.74, 6) is -0.158. The quantitative estimate of drug-likeness (QED) is 0.749. The van der Waals surface area contributed by atoms with E-state index >= 15 is 0 Å². The molecule has 0 amide bonds. The maximum atomic E-state index is 12.3. The average Bonchev–Trinajstić information content (AvgIpc) is 3.01. The van der Waals surface area contributed by atoms with Gasteiger partial charge >= 0.3 is 0 Å². The van der Waals surface area contributed by atoms with E-state index in [1.54, 1.807) is 25.2 Å². The third-order valence-corrected chi connectivity index (χ3v) is 4.16. The molecule has 22 heavy (non-hydrogen) atoms. The molecule has 0 saturated heterocycles. The summed E-state index contributed by atoms with van der Waals surface area (Å²) in [6, 6.07) is 7.11. The van der Waals surface area contributed by atoms with Crippen LogP contribution >= 0.6 is 11.3 Å². The number of thiazole rings is 1. The van der Waals surface area contributed by atoms with Gasteiger partial charge in [-0.25, -0.2) is 4.98 Å². The zero-order chi connectivity index (χ0) is 15.7. The topological polar surface area (TPSA) is 79.8 Å². The number of aryl methyl sites for hydroxylation is 2. The second-order valence-electron chi connectivity index (χ2n) is 4.75. The molecule has 0 aliphatic heterocycles. The van der Waals surface area contributed by atoms with Crippen molar-refractivity contribution < 1.29 is 5.11 Å². The van der Waals surface area contributed by atoms with E-state index in [1.807, 2.05) is 18.4 Å². The van der Waals surface area contributed by atoms with Crippen molar-refractivity contribution in [1.29, 1.82) is 0 Å². The first kappa shape index (κ1) is 14.4. The molecular formula is C15H14N4O2S. The molecule has 0 aliphatic rings. The van der Waals surface area contributed by atoms with Crippen molar-refractivity contribution in [2.45, 2.75) is 13.3 Å². The lowest BCUT2D eigenvalue weighted by atomic mass is 10.2. The van der Waals surface area contributed by atoms with Crippen LogP contribution in [0, 0.1) is 0 Å². The minimum atomic E-state index is -0.396. The SMILES string of the molecule is CCc1csc(N=Nc2c(O)c3ccccc3n(C)c2=O)n1. The molecule has 0 aliphatic carbocycles. The van der Waals surface area contributed by atoms with Gasteiger partial charge in [0.15, 0.2) is 11.4 Å². The van der Waals surface area contributed by atoms with Crippen molar-refractivity contribution in [2.75, 3.05) is 0 Å². The lowest BCUT2D eigenvalue weighted by molar-refractivity contribution is 0.480. The zero-order valence-electron chi connectivity index (χ0n) is 12.1. The van der Waals surface area contributed by atoms with Gasteiger partial charge in [0.25, 0.3) is 5.56 Å². The first-order chi connectivity index (χ1) is 10.6. The van der Waals surface area contributed by atoms with Crippen LogP contribution in [-0.4, -0.2) is 14.7 Å². The van der Waals surface area contributed by atoms with E-state index < -0.39 is 5.56 Å². The molecule has 2 aromatic heterocycles. The minimum absolute atomic E-state index is 0.0746. The Morgan fingerprint density at radius 2 is 2.09 bits per heavy atom. The van der Waals surface area contributed by atoms with E-state index in [1.165, 1.54) is 15.9 Å². The summed E-state index contributed by atoms with van der Waals surface area (Å²) in [7, 11) is 1.64. The van der Waals surface area contributed by atoms with E-state index in [9.17, 15) is 9.90 Å². The standard InChI is InChI=1S/C15H14N4O2S/c1-3-9-8-22-15(16-9)18-17-12-13(20)10-6-4-5-7-11(10)19(2)14(12)21/h4-8,20H,3H2,1-2H3. The van der Waals surface area contributed by atoms with E-state index in [2.05, 4.69) is 15.2 Å². The Labute approximate surface area is 130 Å². The van der Waals surface area contributed by atoms with E-state index in [0.29, 0.717) is 16.0 Å². The fourth-order valence-corrected chi connectivity index (χ4v) is 2.87. The van der Waals surface area contributed by atoms with E-state index in [0.717, 1.165) is 12.1 Å². The van der Waals surface area contributed by atoms with Crippen molar-refractivity contribution in [3.63, 3.8) is 0 Å². The molecule has 0 saturated carbocycles. The highest BCUT2D eigenvalue weighted by Gasteiger charge is 2.14. The number of hydrogen-bond acceptors (Lipinski definition) is 6. The summed E-state index contributed by atoms with van der Waals surface area (Å²) in [4.78, 5) is 16.6. The molecule has 6 nitrogen and oxygen atoms in total. The van der Waals surface area contributed by atoms with Crippen molar-refractivity contribution in [3.05, 3.63) is 45.7 Å². The van der Waals surface area contributed by atoms with Crippen LogP contribution in [0.15, 0.2) is 44.7 Å². The number of fused-ring (bicyclic) bond motifs is 1. The number of pyridine rings is 1. The summed E-state index contributed by atoms with van der Waals surface area (Å²) in [6.07, 6.45) is 0.814. The first-order valence-electron chi connectivity index (χ1n) is 6.78. The molecule has 0 spiro atoms. The second kappa shape index (κ2) is 5.69. The maximum Gasteiger partial charge on any atom is 0.282 e. The monoisotopic (exact) mass is 314 g/mol. The smallest absolute Gasteiger partial charge is 0.282 e. The molecule has 112 valence electrons. The largest absolute Gasteiger partial charge is 0.505 e. The summed E-state index contributed by atoms with van der Waals surface area (Å²) in [6.45, 7) is 2.00. The Kier molecular flexibility index (Phi) is 3.72. The fraction of sp³-hybridized carbons (Fsp3) is 0.200. The van der Waals surface area contributed by atoms with Gasteiger partial charge in [0, 0.05) is 17.8 Å². The lowest BCUT2D eigenvalue weighted by Crippen LogP contribution is -2.16. The van der Waals surface area contributed by atoms with Gasteiger partial charge in [0.1, 0.15) is 0 Å². The van der Waals surface area contributed by atoms with Crippen molar-refractivity contribution in [1.82, 2.24) is 9.55 Å². The number of aromatic nitrogens is 2. The highest BCUT2D eigenvalue weighted by atomic mass is 32.1. The van der Waals surface area contributed by atoms with Crippen LogP contribution in [0.25, 0.3) is 10.9 Å². The molecule has 0 radical (unpaired) electrons. The second-order valence-corrected chi connectivity index (χ2v) is 5.59. The molecule has 3 aromatic rings. The minimum Gasteiger partial charge on any atom is -0.505 e. The summed E-state index contributed by atoms with van der Waals surface area (Å²) in [5.41, 5.74) is 1.10. The van der Waals surface area contributed by atoms with Gasteiger partial charge in [0.05, 0.1) is 11.2 Å². The lowest BCUT2D eigenvalue weighted by Gasteiger charge is -2.07. The van der Waals surface area contributed by atoms with E-state index in [4.69, 9.17) is 0 Å². The Morgan fingerprint density at radius 3 is 2.82 bits per heavy atom. The van der Waals surface area contributed by atoms with Crippen molar-refractivity contribution in [3.8, 4) is 5.75 Å². The van der Waals surface area contributed by atoms with Crippen LogP contribution in [0.2, 0.25) is 0 Å². The predicted octanol–water partition coefficient (Wildman–Crippen LogP) is 3.68. The van der Waals surface area contributed by atoms with Gasteiger partial charge in [-0.2, -0.15) is 0 Å². The van der Waals surface area contributed by atoms with Gasteiger partial charge < -0.3 is 9.67 Å². The molecule has 0 bridgehead atoms. The maximum absolute atomic E-state index is 12.3. The molecule has 3 rings (SSSR count). The van der Waals surface area contributed by atoms with Crippen LogP contribution in [0.3, 0.4) is 0 Å². The van der Waals surface area contributed by atoms with Gasteiger partial charge in [-0.15, -0.1) is 21.6 Å². The number of benzene rings is 1. The summed E-state index contributed by atoms with van der Waals surface area (Å²) < 4.78 is 1.45. The molecule has 2 heterocycles. The number of rotatable bonds is 3. The van der Waals surface area contributed by atoms with Crippen LogP contribution < -0.4 is 5.56 Å². The number of para-hydroxylation sites is 1.